The zero-order chi connectivity index (χ0) is 19.6. The van der Waals surface area contributed by atoms with E-state index < -0.39 is 11.7 Å². The first-order valence-corrected chi connectivity index (χ1v) is 9.16. The Morgan fingerprint density at radius 1 is 1.19 bits per heavy atom. The fourth-order valence-corrected chi connectivity index (χ4v) is 3.33. The molecule has 1 aliphatic heterocycles. The second-order valence-electron chi connectivity index (χ2n) is 7.45. The van der Waals surface area contributed by atoms with Crippen LogP contribution in [0.5, 0.6) is 0 Å². The van der Waals surface area contributed by atoms with Crippen LogP contribution in [0.3, 0.4) is 0 Å². The first kappa shape index (κ1) is 19.6. The van der Waals surface area contributed by atoms with Gasteiger partial charge in [-0.2, -0.15) is 18.3 Å². The molecule has 1 fully saturated rings. The predicted molar refractivity (Wildman–Crippen MR) is 96.8 cm³/mol. The molecule has 1 N–H and O–H groups in total. The molecule has 0 amide bonds. The molecule has 1 aliphatic rings. The summed E-state index contributed by atoms with van der Waals surface area (Å²) in [6, 6.07) is 0.330. The van der Waals surface area contributed by atoms with Gasteiger partial charge in [0.2, 0.25) is 5.95 Å². The molecule has 2 aromatic heterocycles. The minimum absolute atomic E-state index is 0.123. The lowest BCUT2D eigenvalue weighted by Gasteiger charge is -2.33. The third-order valence-corrected chi connectivity index (χ3v) is 4.70. The van der Waals surface area contributed by atoms with Gasteiger partial charge in [-0.1, -0.05) is 13.8 Å². The van der Waals surface area contributed by atoms with Crippen molar-refractivity contribution in [1.29, 1.82) is 0 Å². The van der Waals surface area contributed by atoms with Crippen molar-refractivity contribution in [3.05, 3.63) is 29.8 Å². The van der Waals surface area contributed by atoms with Gasteiger partial charge in [0.15, 0.2) is 0 Å². The quantitative estimate of drug-likeness (QED) is 0.846. The monoisotopic (exact) mass is 382 g/mol. The van der Waals surface area contributed by atoms with Gasteiger partial charge in [-0.05, 0) is 25.7 Å². The van der Waals surface area contributed by atoms with Gasteiger partial charge in [-0.25, -0.2) is 9.97 Å². The van der Waals surface area contributed by atoms with E-state index in [0.717, 1.165) is 50.6 Å². The molecule has 9 heteroatoms. The molecular formula is C18H25F3N6. The fourth-order valence-electron chi connectivity index (χ4n) is 3.33. The van der Waals surface area contributed by atoms with Crippen LogP contribution in [-0.2, 0) is 6.18 Å². The summed E-state index contributed by atoms with van der Waals surface area (Å²) in [4.78, 5) is 9.99. The average Bonchev–Trinajstić information content (AvgIpc) is 2.95. The Balaban J connectivity index is 1.63. The molecule has 0 aliphatic carbocycles. The number of nitrogens with zero attached hydrogens (tertiary/aromatic N) is 5. The summed E-state index contributed by atoms with van der Waals surface area (Å²) in [6.07, 6.45) is 1.07. The Kier molecular flexibility index (Phi) is 5.69. The highest BCUT2D eigenvalue weighted by Crippen LogP contribution is 2.29. The summed E-state index contributed by atoms with van der Waals surface area (Å²) in [6.45, 7) is 9.52. The molecule has 27 heavy (non-hydrogen) atoms. The van der Waals surface area contributed by atoms with E-state index in [4.69, 9.17) is 0 Å². The van der Waals surface area contributed by atoms with Crippen LogP contribution in [0.1, 0.15) is 44.0 Å². The SMILES string of the molecule is Cc1nn(C2CCN(CC(C)C)CC2)cc1Nc1ncc(C(F)(F)F)cn1. The van der Waals surface area contributed by atoms with E-state index in [2.05, 4.69) is 39.1 Å². The summed E-state index contributed by atoms with van der Waals surface area (Å²) in [7, 11) is 0. The summed E-state index contributed by atoms with van der Waals surface area (Å²) in [5.74, 6) is 0.783. The number of aryl methyl sites for hydroxylation is 1. The van der Waals surface area contributed by atoms with E-state index in [-0.39, 0.29) is 5.95 Å². The van der Waals surface area contributed by atoms with Crippen LogP contribution in [-0.4, -0.2) is 44.3 Å². The molecule has 0 unspecified atom stereocenters. The van der Waals surface area contributed by atoms with Crippen LogP contribution in [0.2, 0.25) is 0 Å². The van der Waals surface area contributed by atoms with Gasteiger partial charge in [-0.3, -0.25) is 4.68 Å². The minimum Gasteiger partial charge on any atom is -0.321 e. The van der Waals surface area contributed by atoms with Crippen molar-refractivity contribution in [3.8, 4) is 0 Å². The first-order valence-electron chi connectivity index (χ1n) is 9.16. The van der Waals surface area contributed by atoms with Gasteiger partial charge < -0.3 is 10.2 Å². The molecule has 0 atom stereocenters. The van der Waals surface area contributed by atoms with E-state index in [1.54, 1.807) is 0 Å². The lowest BCUT2D eigenvalue weighted by molar-refractivity contribution is -0.138. The van der Waals surface area contributed by atoms with Crippen molar-refractivity contribution >= 4 is 11.6 Å². The van der Waals surface area contributed by atoms with Gasteiger partial charge in [0.25, 0.3) is 0 Å². The standard InChI is InChI=1S/C18H25F3N6/c1-12(2)10-26-6-4-15(5-7-26)27-11-16(13(3)25-27)24-17-22-8-14(9-23-17)18(19,20)21/h8-9,11-12,15H,4-7,10H2,1-3H3,(H,22,23,24). The molecule has 148 valence electrons. The molecule has 3 heterocycles. The van der Waals surface area contributed by atoms with Gasteiger partial charge in [0.05, 0.1) is 23.0 Å². The van der Waals surface area contributed by atoms with Gasteiger partial charge >= 0.3 is 6.18 Å². The Hall–Kier alpha value is -2.16. The maximum atomic E-state index is 12.6. The molecule has 3 rings (SSSR count). The summed E-state index contributed by atoms with van der Waals surface area (Å²) >= 11 is 0. The largest absolute Gasteiger partial charge is 0.419 e. The fraction of sp³-hybridized carbons (Fsp3) is 0.611. The van der Waals surface area contributed by atoms with E-state index in [0.29, 0.717) is 17.6 Å². The molecular weight excluding hydrogens is 357 g/mol. The molecule has 0 bridgehead atoms. The Labute approximate surface area is 156 Å². The van der Waals surface area contributed by atoms with E-state index in [1.165, 1.54) is 0 Å². The van der Waals surface area contributed by atoms with Crippen LogP contribution in [0.25, 0.3) is 0 Å². The van der Waals surface area contributed by atoms with Crippen molar-refractivity contribution in [2.75, 3.05) is 25.0 Å². The number of hydrogen-bond donors (Lipinski definition) is 1. The predicted octanol–water partition coefficient (Wildman–Crippen LogP) is 4.04. The number of piperidine rings is 1. The molecule has 6 nitrogen and oxygen atoms in total. The number of likely N-dealkylation sites (tertiary alicyclic amines) is 1. The van der Waals surface area contributed by atoms with Crippen molar-refractivity contribution in [2.45, 2.75) is 45.8 Å². The summed E-state index contributed by atoms with van der Waals surface area (Å²) < 4.78 is 39.8. The second kappa shape index (κ2) is 7.84. The van der Waals surface area contributed by atoms with Crippen molar-refractivity contribution in [1.82, 2.24) is 24.6 Å². The lowest BCUT2D eigenvalue weighted by Crippen LogP contribution is -2.37. The van der Waals surface area contributed by atoms with Crippen LogP contribution in [0.4, 0.5) is 24.8 Å². The lowest BCUT2D eigenvalue weighted by atomic mass is 10.0. The van der Waals surface area contributed by atoms with Crippen LogP contribution in [0, 0.1) is 12.8 Å². The normalized spacial score (nSPS) is 16.9. The van der Waals surface area contributed by atoms with E-state index in [9.17, 15) is 13.2 Å². The molecule has 0 saturated carbocycles. The maximum Gasteiger partial charge on any atom is 0.419 e. The van der Waals surface area contributed by atoms with Gasteiger partial charge in [0, 0.05) is 38.2 Å². The molecule has 1 saturated heterocycles. The zero-order valence-electron chi connectivity index (χ0n) is 15.8. The highest BCUT2D eigenvalue weighted by molar-refractivity contribution is 5.54. The van der Waals surface area contributed by atoms with Crippen molar-refractivity contribution in [2.24, 2.45) is 5.92 Å². The van der Waals surface area contributed by atoms with Crippen LogP contribution >= 0.6 is 0 Å². The average molecular weight is 382 g/mol. The molecule has 2 aromatic rings. The third kappa shape index (κ3) is 4.97. The van der Waals surface area contributed by atoms with E-state index >= 15 is 0 Å². The second-order valence-corrected chi connectivity index (χ2v) is 7.45. The Bertz CT molecular complexity index is 745. The number of aromatic nitrogens is 4. The maximum absolute atomic E-state index is 12.6. The Morgan fingerprint density at radius 2 is 1.81 bits per heavy atom. The van der Waals surface area contributed by atoms with E-state index in [1.807, 2.05) is 17.8 Å². The van der Waals surface area contributed by atoms with Crippen molar-refractivity contribution < 1.29 is 13.2 Å². The smallest absolute Gasteiger partial charge is 0.321 e. The Morgan fingerprint density at radius 3 is 2.37 bits per heavy atom. The van der Waals surface area contributed by atoms with Crippen LogP contribution < -0.4 is 5.32 Å². The highest BCUT2D eigenvalue weighted by atomic mass is 19.4. The summed E-state index contributed by atoms with van der Waals surface area (Å²) in [5, 5.41) is 7.54. The number of hydrogen-bond acceptors (Lipinski definition) is 5. The minimum atomic E-state index is -4.44. The van der Waals surface area contributed by atoms with Gasteiger partial charge in [-0.15, -0.1) is 0 Å². The summed E-state index contributed by atoms with van der Waals surface area (Å²) in [5.41, 5.74) is 0.608. The number of alkyl halides is 3. The number of rotatable bonds is 5. The number of anilines is 2. The third-order valence-electron chi connectivity index (χ3n) is 4.70. The molecule has 0 spiro atoms. The molecule has 0 radical (unpaired) electrons. The zero-order valence-corrected chi connectivity index (χ0v) is 15.8. The van der Waals surface area contributed by atoms with Crippen LogP contribution in [0.15, 0.2) is 18.6 Å². The van der Waals surface area contributed by atoms with Crippen molar-refractivity contribution in [3.63, 3.8) is 0 Å². The van der Waals surface area contributed by atoms with Gasteiger partial charge in [0.1, 0.15) is 0 Å². The topological polar surface area (TPSA) is 58.9 Å². The highest BCUT2D eigenvalue weighted by Gasteiger charge is 2.31. The first-order chi connectivity index (χ1) is 12.7. The number of nitrogens with one attached hydrogen (secondary N) is 1. The molecule has 0 aromatic carbocycles. The number of halogens is 3.